The van der Waals surface area contributed by atoms with Gasteiger partial charge >= 0.3 is 0 Å². The van der Waals surface area contributed by atoms with Crippen LogP contribution in [0.4, 0.5) is 0 Å². The zero-order chi connectivity index (χ0) is 18.7. The van der Waals surface area contributed by atoms with Gasteiger partial charge < -0.3 is 15.0 Å². The molecule has 25 heavy (non-hydrogen) atoms. The maximum atomic E-state index is 12.2. The van der Waals surface area contributed by atoms with E-state index in [1.54, 1.807) is 6.08 Å². The molecule has 1 amide bonds. The Balaban J connectivity index is 2.42. The van der Waals surface area contributed by atoms with Crippen molar-refractivity contribution >= 4 is 11.5 Å². The number of allylic oxidation sites excluding steroid dienone is 1. The van der Waals surface area contributed by atoms with E-state index in [0.29, 0.717) is 25.7 Å². The number of amides is 1. The lowest BCUT2D eigenvalue weighted by Gasteiger charge is -2.17. The number of benzene rings is 1. The normalized spacial score (nSPS) is 12.0. The third-order valence-corrected chi connectivity index (χ3v) is 4.29. The molecule has 0 unspecified atom stereocenters. The Bertz CT molecular complexity index is 531. The van der Waals surface area contributed by atoms with E-state index < -0.39 is 0 Å². The highest BCUT2D eigenvalue weighted by atomic mass is 16.5. The van der Waals surface area contributed by atoms with Gasteiger partial charge in [-0.05, 0) is 37.1 Å². The van der Waals surface area contributed by atoms with Crippen LogP contribution in [0.5, 0.6) is 0 Å². The van der Waals surface area contributed by atoms with Crippen LogP contribution in [0.2, 0.25) is 0 Å². The number of aryl methyl sites for hydroxylation is 1. The number of carbonyl (C=O) groups excluding carboxylic acids is 1. The van der Waals surface area contributed by atoms with Crippen molar-refractivity contribution in [1.82, 2.24) is 10.2 Å². The number of rotatable bonds is 11. The lowest BCUT2D eigenvalue weighted by molar-refractivity contribution is -0.116. The molecule has 4 nitrogen and oxygen atoms in total. The molecule has 0 aliphatic rings. The molecule has 1 aromatic carbocycles. The Kier molecular flexibility index (Phi) is 10.1. The molecule has 0 aliphatic heterocycles. The Labute approximate surface area is 153 Å². The third kappa shape index (κ3) is 8.32. The summed E-state index contributed by atoms with van der Waals surface area (Å²) >= 11 is 0. The summed E-state index contributed by atoms with van der Waals surface area (Å²) in [6.45, 7) is 15.4. The molecule has 0 saturated heterocycles. The Morgan fingerprint density at radius 3 is 2.36 bits per heavy atom. The topological polar surface area (TPSA) is 41.6 Å². The summed E-state index contributed by atoms with van der Waals surface area (Å²) in [6.07, 6.45) is 1.71. The van der Waals surface area contributed by atoms with E-state index in [2.05, 4.69) is 69.1 Å². The molecular weight excluding hydrogens is 312 g/mol. The van der Waals surface area contributed by atoms with Gasteiger partial charge in [-0.25, -0.2) is 0 Å². The number of carbonyl (C=O) groups is 1. The lowest BCUT2D eigenvalue weighted by atomic mass is 9.94. The molecule has 0 saturated carbocycles. The monoisotopic (exact) mass is 346 g/mol. The quantitative estimate of drug-likeness (QED) is 0.492. The van der Waals surface area contributed by atoms with Crippen LogP contribution < -0.4 is 5.32 Å². The molecule has 0 fully saturated rings. The predicted octanol–water partition coefficient (Wildman–Crippen LogP) is 3.51. The molecule has 1 rings (SSSR count). The average Bonchev–Trinajstić information content (AvgIpc) is 2.60. The maximum Gasteiger partial charge on any atom is 0.244 e. The molecule has 140 valence electrons. The van der Waals surface area contributed by atoms with Crippen LogP contribution in [0.15, 0.2) is 30.3 Å². The van der Waals surface area contributed by atoms with Crippen LogP contribution in [-0.2, 0) is 9.53 Å². The van der Waals surface area contributed by atoms with Gasteiger partial charge in [0.05, 0.1) is 13.2 Å². The highest BCUT2D eigenvalue weighted by Crippen LogP contribution is 2.23. The summed E-state index contributed by atoms with van der Waals surface area (Å²) in [7, 11) is 0. The standard InChI is InChI=1S/C21H34N2O2/c1-6-23(7-2)13-15-25-14-12-22-21(24)16-20(17(3)4)19-10-8-18(5)9-11-19/h8-11,16-17H,6-7,12-15H2,1-5H3,(H,22,24)/b20-16+. The van der Waals surface area contributed by atoms with Crippen LogP contribution in [0, 0.1) is 12.8 Å². The third-order valence-electron chi connectivity index (χ3n) is 4.29. The summed E-state index contributed by atoms with van der Waals surface area (Å²) in [6, 6.07) is 8.30. The molecule has 0 bridgehead atoms. The van der Waals surface area contributed by atoms with Gasteiger partial charge in [0.1, 0.15) is 0 Å². The van der Waals surface area contributed by atoms with Gasteiger partial charge in [-0.15, -0.1) is 0 Å². The fourth-order valence-corrected chi connectivity index (χ4v) is 2.60. The minimum Gasteiger partial charge on any atom is -0.378 e. The Morgan fingerprint density at radius 1 is 1.16 bits per heavy atom. The fourth-order valence-electron chi connectivity index (χ4n) is 2.60. The number of ether oxygens (including phenoxy) is 1. The van der Waals surface area contributed by atoms with Gasteiger partial charge in [-0.3, -0.25) is 4.79 Å². The van der Waals surface area contributed by atoms with E-state index in [1.165, 1.54) is 5.56 Å². The van der Waals surface area contributed by atoms with Crippen LogP contribution in [-0.4, -0.2) is 50.2 Å². The van der Waals surface area contributed by atoms with E-state index in [1.807, 2.05) is 0 Å². The van der Waals surface area contributed by atoms with E-state index in [0.717, 1.165) is 30.8 Å². The van der Waals surface area contributed by atoms with Gasteiger partial charge in [0.15, 0.2) is 0 Å². The zero-order valence-corrected chi connectivity index (χ0v) is 16.5. The zero-order valence-electron chi connectivity index (χ0n) is 16.5. The SMILES string of the molecule is CCN(CC)CCOCCNC(=O)/C=C(/c1ccc(C)cc1)C(C)C. The minimum absolute atomic E-state index is 0.0587. The minimum atomic E-state index is -0.0587. The number of likely N-dealkylation sites (N-methyl/N-ethyl adjacent to an activating group) is 1. The van der Waals surface area contributed by atoms with Crippen LogP contribution >= 0.6 is 0 Å². The summed E-state index contributed by atoms with van der Waals surface area (Å²) in [5.41, 5.74) is 3.38. The van der Waals surface area contributed by atoms with Gasteiger partial charge in [0.25, 0.3) is 0 Å². The van der Waals surface area contributed by atoms with Gasteiger partial charge in [0, 0.05) is 19.2 Å². The molecule has 1 N–H and O–H groups in total. The van der Waals surface area contributed by atoms with E-state index >= 15 is 0 Å². The van der Waals surface area contributed by atoms with Crippen LogP contribution in [0.3, 0.4) is 0 Å². The molecule has 0 aliphatic carbocycles. The van der Waals surface area contributed by atoms with Gasteiger partial charge in [0.2, 0.25) is 5.91 Å². The molecule has 0 spiro atoms. The number of hydrogen-bond donors (Lipinski definition) is 1. The van der Waals surface area contributed by atoms with E-state index in [4.69, 9.17) is 4.74 Å². The molecule has 0 heterocycles. The van der Waals surface area contributed by atoms with Crippen molar-refractivity contribution in [2.75, 3.05) is 39.4 Å². The summed E-state index contributed by atoms with van der Waals surface area (Å²) in [4.78, 5) is 14.5. The summed E-state index contributed by atoms with van der Waals surface area (Å²) in [5, 5.41) is 2.91. The smallest absolute Gasteiger partial charge is 0.244 e. The number of nitrogens with one attached hydrogen (secondary N) is 1. The second-order valence-electron chi connectivity index (χ2n) is 6.55. The first-order chi connectivity index (χ1) is 12.0. The van der Waals surface area contributed by atoms with Gasteiger partial charge in [-0.2, -0.15) is 0 Å². The average molecular weight is 347 g/mol. The molecule has 0 aromatic heterocycles. The number of nitrogens with zero attached hydrogens (tertiary/aromatic N) is 1. The second-order valence-corrected chi connectivity index (χ2v) is 6.55. The van der Waals surface area contributed by atoms with E-state index in [9.17, 15) is 4.79 Å². The second kappa shape index (κ2) is 11.8. The molecule has 1 aromatic rings. The Morgan fingerprint density at radius 2 is 1.80 bits per heavy atom. The largest absolute Gasteiger partial charge is 0.378 e. The van der Waals surface area contributed by atoms with Crippen molar-refractivity contribution in [2.24, 2.45) is 5.92 Å². The van der Waals surface area contributed by atoms with Crippen molar-refractivity contribution in [3.63, 3.8) is 0 Å². The summed E-state index contributed by atoms with van der Waals surface area (Å²) < 4.78 is 5.59. The van der Waals surface area contributed by atoms with Crippen molar-refractivity contribution in [1.29, 1.82) is 0 Å². The van der Waals surface area contributed by atoms with Crippen LogP contribution in [0.25, 0.3) is 5.57 Å². The predicted molar refractivity (Wildman–Crippen MR) is 106 cm³/mol. The fraction of sp³-hybridized carbons (Fsp3) is 0.571. The molecular formula is C21H34N2O2. The first-order valence-electron chi connectivity index (χ1n) is 9.34. The molecule has 0 radical (unpaired) electrons. The Hall–Kier alpha value is -1.65. The highest BCUT2D eigenvalue weighted by molar-refractivity contribution is 5.95. The number of hydrogen-bond acceptors (Lipinski definition) is 3. The molecule has 0 atom stereocenters. The van der Waals surface area contributed by atoms with Crippen molar-refractivity contribution in [2.45, 2.75) is 34.6 Å². The first kappa shape index (κ1) is 21.4. The molecule has 4 heteroatoms. The lowest BCUT2D eigenvalue weighted by Crippen LogP contribution is -2.29. The first-order valence-corrected chi connectivity index (χ1v) is 9.34. The maximum absolute atomic E-state index is 12.2. The van der Waals surface area contributed by atoms with Gasteiger partial charge in [-0.1, -0.05) is 57.5 Å². The van der Waals surface area contributed by atoms with Crippen molar-refractivity contribution in [3.05, 3.63) is 41.5 Å². The summed E-state index contributed by atoms with van der Waals surface area (Å²) in [5.74, 6) is 0.232. The van der Waals surface area contributed by atoms with Crippen LogP contribution in [0.1, 0.15) is 38.8 Å². The van der Waals surface area contributed by atoms with Crippen molar-refractivity contribution < 1.29 is 9.53 Å². The highest BCUT2D eigenvalue weighted by Gasteiger charge is 2.09. The van der Waals surface area contributed by atoms with E-state index in [-0.39, 0.29) is 5.91 Å². The van der Waals surface area contributed by atoms with Crippen molar-refractivity contribution in [3.8, 4) is 0 Å².